The molecule has 0 aromatic heterocycles. The lowest BCUT2D eigenvalue weighted by Gasteiger charge is -2.20. The molecule has 0 unspecified atom stereocenters. The van der Waals surface area contributed by atoms with Crippen LogP contribution in [0.3, 0.4) is 0 Å². The smallest absolute Gasteiger partial charge is 0.0614 e. The molecule has 0 saturated carbocycles. The van der Waals surface area contributed by atoms with Gasteiger partial charge >= 0.3 is 0 Å². The van der Waals surface area contributed by atoms with Gasteiger partial charge in [-0.25, -0.2) is 0 Å². The lowest BCUT2D eigenvalue weighted by Crippen LogP contribution is -2.13. The first-order chi connectivity index (χ1) is 6.82. The van der Waals surface area contributed by atoms with Crippen LogP contribution in [0.5, 0.6) is 0 Å². The molecule has 0 amide bonds. The van der Waals surface area contributed by atoms with Crippen molar-refractivity contribution in [1.82, 2.24) is 0 Å². The number of allylic oxidation sites excluding steroid dienone is 3. The first-order valence-corrected chi connectivity index (χ1v) is 5.46. The highest BCUT2D eigenvalue weighted by molar-refractivity contribution is 5.97. The van der Waals surface area contributed by atoms with Crippen molar-refractivity contribution >= 4 is 5.71 Å². The largest absolute Gasteiger partial charge is 0.403 e. The standard InChI is InChI=1S/C13H24N2/c1-7-8-11(10(2)3)15-12(9-14)13(4,5)6/h7-10H,14H2,1-6H3/b8-7-,12-9-,15-11+. The van der Waals surface area contributed by atoms with Crippen LogP contribution in [-0.4, -0.2) is 5.71 Å². The highest BCUT2D eigenvalue weighted by Crippen LogP contribution is 2.26. The van der Waals surface area contributed by atoms with E-state index in [1.807, 2.05) is 19.1 Å². The molecule has 0 spiro atoms. The maximum atomic E-state index is 5.61. The van der Waals surface area contributed by atoms with E-state index in [9.17, 15) is 0 Å². The van der Waals surface area contributed by atoms with E-state index in [1.54, 1.807) is 6.20 Å². The number of rotatable bonds is 3. The van der Waals surface area contributed by atoms with Crippen LogP contribution in [-0.2, 0) is 0 Å². The number of hydrogen-bond acceptors (Lipinski definition) is 2. The Morgan fingerprint density at radius 1 is 1.27 bits per heavy atom. The first-order valence-electron chi connectivity index (χ1n) is 5.46. The third-order valence-electron chi connectivity index (χ3n) is 2.10. The summed E-state index contributed by atoms with van der Waals surface area (Å²) in [5, 5.41) is 0. The minimum atomic E-state index is -0.00350. The number of nitrogens with two attached hydrogens (primary N) is 1. The summed E-state index contributed by atoms with van der Waals surface area (Å²) < 4.78 is 0. The zero-order chi connectivity index (χ0) is 12.1. The molecule has 0 bridgehead atoms. The lowest BCUT2D eigenvalue weighted by atomic mass is 9.92. The summed E-state index contributed by atoms with van der Waals surface area (Å²) in [6.07, 6.45) is 5.65. The van der Waals surface area contributed by atoms with Crippen LogP contribution in [0.15, 0.2) is 29.0 Å². The van der Waals surface area contributed by atoms with Crippen molar-refractivity contribution in [2.75, 3.05) is 0 Å². The lowest BCUT2D eigenvalue weighted by molar-refractivity contribution is 0.496. The van der Waals surface area contributed by atoms with Gasteiger partial charge in [0.15, 0.2) is 0 Å². The maximum absolute atomic E-state index is 5.61. The Hall–Kier alpha value is -1.05. The molecule has 2 heteroatoms. The second-order valence-electron chi connectivity index (χ2n) is 4.99. The van der Waals surface area contributed by atoms with Gasteiger partial charge in [-0.05, 0) is 18.9 Å². The summed E-state index contributed by atoms with van der Waals surface area (Å²) in [7, 11) is 0. The summed E-state index contributed by atoms with van der Waals surface area (Å²) >= 11 is 0. The third kappa shape index (κ3) is 4.82. The molecule has 0 aliphatic carbocycles. The quantitative estimate of drug-likeness (QED) is 0.708. The average Bonchev–Trinajstić information content (AvgIpc) is 2.09. The normalized spacial score (nSPS) is 15.4. The fourth-order valence-corrected chi connectivity index (χ4v) is 1.12. The van der Waals surface area contributed by atoms with Crippen molar-refractivity contribution < 1.29 is 0 Å². The van der Waals surface area contributed by atoms with Crippen molar-refractivity contribution in [3.8, 4) is 0 Å². The molecule has 86 valence electrons. The van der Waals surface area contributed by atoms with Gasteiger partial charge < -0.3 is 5.73 Å². The fraction of sp³-hybridized carbons (Fsp3) is 0.615. The average molecular weight is 208 g/mol. The predicted molar refractivity (Wildman–Crippen MR) is 68.8 cm³/mol. The monoisotopic (exact) mass is 208 g/mol. The molecule has 0 aliphatic heterocycles. The summed E-state index contributed by atoms with van der Waals surface area (Å²) in [5.41, 5.74) is 7.61. The Morgan fingerprint density at radius 2 is 1.80 bits per heavy atom. The summed E-state index contributed by atoms with van der Waals surface area (Å²) in [6, 6.07) is 0. The van der Waals surface area contributed by atoms with E-state index in [1.165, 1.54) is 0 Å². The number of nitrogens with zero attached hydrogens (tertiary/aromatic N) is 1. The van der Waals surface area contributed by atoms with Crippen molar-refractivity contribution in [1.29, 1.82) is 0 Å². The van der Waals surface area contributed by atoms with Crippen LogP contribution in [0.1, 0.15) is 41.5 Å². The first kappa shape index (κ1) is 13.9. The van der Waals surface area contributed by atoms with E-state index in [4.69, 9.17) is 5.73 Å². The Balaban J connectivity index is 5.13. The molecule has 0 radical (unpaired) electrons. The molecule has 0 aromatic rings. The number of aliphatic imine (C=N–C) groups is 1. The van der Waals surface area contributed by atoms with E-state index in [0.717, 1.165) is 11.4 Å². The minimum absolute atomic E-state index is 0.00350. The van der Waals surface area contributed by atoms with E-state index in [0.29, 0.717) is 5.92 Å². The summed E-state index contributed by atoms with van der Waals surface area (Å²) in [6.45, 7) is 12.6. The second kappa shape index (κ2) is 5.74. The summed E-state index contributed by atoms with van der Waals surface area (Å²) in [5.74, 6) is 0.415. The topological polar surface area (TPSA) is 38.4 Å². The van der Waals surface area contributed by atoms with Crippen LogP contribution in [0.2, 0.25) is 0 Å². The van der Waals surface area contributed by atoms with Crippen molar-refractivity contribution in [2.24, 2.45) is 22.1 Å². The van der Waals surface area contributed by atoms with Crippen LogP contribution in [0, 0.1) is 11.3 Å². The van der Waals surface area contributed by atoms with Crippen LogP contribution >= 0.6 is 0 Å². The Labute approximate surface area is 94.0 Å². The number of hydrogen-bond donors (Lipinski definition) is 1. The van der Waals surface area contributed by atoms with E-state index < -0.39 is 0 Å². The second-order valence-corrected chi connectivity index (χ2v) is 4.99. The van der Waals surface area contributed by atoms with Crippen LogP contribution in [0.4, 0.5) is 0 Å². The minimum Gasteiger partial charge on any atom is -0.403 e. The van der Waals surface area contributed by atoms with Gasteiger partial charge in [-0.2, -0.15) is 0 Å². The van der Waals surface area contributed by atoms with E-state index >= 15 is 0 Å². The van der Waals surface area contributed by atoms with Crippen molar-refractivity contribution in [2.45, 2.75) is 41.5 Å². The molecule has 0 fully saturated rings. The van der Waals surface area contributed by atoms with Crippen molar-refractivity contribution in [3.63, 3.8) is 0 Å². The van der Waals surface area contributed by atoms with E-state index in [-0.39, 0.29) is 5.41 Å². The highest BCUT2D eigenvalue weighted by Gasteiger charge is 2.17. The van der Waals surface area contributed by atoms with Gasteiger partial charge in [-0.15, -0.1) is 0 Å². The molecular weight excluding hydrogens is 184 g/mol. The molecule has 15 heavy (non-hydrogen) atoms. The van der Waals surface area contributed by atoms with Gasteiger partial charge in [-0.1, -0.05) is 40.7 Å². The van der Waals surface area contributed by atoms with E-state index in [2.05, 4.69) is 39.6 Å². The van der Waals surface area contributed by atoms with Gasteiger partial charge in [0.05, 0.1) is 5.70 Å². The van der Waals surface area contributed by atoms with Crippen LogP contribution in [0.25, 0.3) is 0 Å². The van der Waals surface area contributed by atoms with Crippen LogP contribution < -0.4 is 5.73 Å². The predicted octanol–water partition coefficient (Wildman–Crippen LogP) is 3.51. The van der Waals surface area contributed by atoms with Gasteiger partial charge in [-0.3, -0.25) is 4.99 Å². The summed E-state index contributed by atoms with van der Waals surface area (Å²) in [4.78, 5) is 4.62. The Bertz CT molecular complexity index is 275. The molecule has 0 saturated heterocycles. The van der Waals surface area contributed by atoms with Crippen molar-refractivity contribution in [3.05, 3.63) is 24.0 Å². The molecule has 0 aliphatic rings. The molecular formula is C13H24N2. The van der Waals surface area contributed by atoms with Gasteiger partial charge in [0, 0.05) is 17.3 Å². The zero-order valence-electron chi connectivity index (χ0n) is 10.8. The molecule has 0 heterocycles. The molecule has 0 aromatic carbocycles. The Kier molecular flexibility index (Phi) is 5.34. The fourth-order valence-electron chi connectivity index (χ4n) is 1.12. The maximum Gasteiger partial charge on any atom is 0.0614 e. The van der Waals surface area contributed by atoms with Gasteiger partial charge in [0.25, 0.3) is 0 Å². The molecule has 2 nitrogen and oxygen atoms in total. The third-order valence-corrected chi connectivity index (χ3v) is 2.10. The Morgan fingerprint density at radius 3 is 2.07 bits per heavy atom. The highest BCUT2D eigenvalue weighted by atomic mass is 14.8. The molecule has 0 rings (SSSR count). The molecule has 0 atom stereocenters. The van der Waals surface area contributed by atoms with Gasteiger partial charge in [0.1, 0.15) is 0 Å². The zero-order valence-corrected chi connectivity index (χ0v) is 10.8. The van der Waals surface area contributed by atoms with Gasteiger partial charge in [0.2, 0.25) is 0 Å². The molecule has 2 N–H and O–H groups in total. The SMILES string of the molecule is C\C=C/C(=N\C(=C/N)C(C)(C)C)C(C)C.